The number of anilines is 2. The first-order valence-corrected chi connectivity index (χ1v) is 9.50. The highest BCUT2D eigenvalue weighted by Gasteiger charge is 2.26. The summed E-state index contributed by atoms with van der Waals surface area (Å²) in [5, 5.41) is 19.9. The molecule has 4 rings (SSSR count). The van der Waals surface area contributed by atoms with Crippen molar-refractivity contribution in [3.05, 3.63) is 40.5 Å². The molecular weight excluding hydrogens is 356 g/mol. The van der Waals surface area contributed by atoms with Gasteiger partial charge in [0.1, 0.15) is 0 Å². The molecule has 1 saturated carbocycles. The normalized spacial score (nSPS) is 13.8. The van der Waals surface area contributed by atoms with Crippen LogP contribution in [0, 0.1) is 23.7 Å². The molecule has 0 aliphatic heterocycles. The molecule has 0 amide bonds. The number of aromatic nitrogens is 4. The minimum Gasteiger partial charge on any atom is -0.322 e. The standard InChI is InChI=1S/C20H18N6S/c1-4-12-10-22-19(15-7-8-16(27-15)20(2,3)11-21)24-18(12)23-17-9-14(25-26-17)13-5-6-13/h1,7-10,13H,5-6H2,2-3H3,(H2,22,23,24,25,26). The maximum atomic E-state index is 9.33. The molecule has 2 N–H and O–H groups in total. The van der Waals surface area contributed by atoms with Crippen LogP contribution in [0.25, 0.3) is 10.7 Å². The molecule has 3 heterocycles. The molecule has 0 bridgehead atoms. The molecule has 0 radical (unpaired) electrons. The SMILES string of the molecule is C#Cc1cnc(-c2ccc(C(C)(C)C#N)s2)nc1Nc1cc(C2CC2)[nH]n1. The van der Waals surface area contributed by atoms with E-state index in [0.717, 1.165) is 15.4 Å². The van der Waals surface area contributed by atoms with Gasteiger partial charge in [-0.1, -0.05) is 5.92 Å². The van der Waals surface area contributed by atoms with Gasteiger partial charge in [-0.3, -0.25) is 5.10 Å². The number of H-pyrrole nitrogens is 1. The van der Waals surface area contributed by atoms with Crippen LogP contribution in [-0.4, -0.2) is 20.2 Å². The van der Waals surface area contributed by atoms with Crippen molar-refractivity contribution in [3.8, 4) is 29.1 Å². The Morgan fingerprint density at radius 3 is 2.89 bits per heavy atom. The van der Waals surface area contributed by atoms with Gasteiger partial charge in [0.25, 0.3) is 0 Å². The van der Waals surface area contributed by atoms with Crippen molar-refractivity contribution < 1.29 is 0 Å². The van der Waals surface area contributed by atoms with Gasteiger partial charge in [-0.15, -0.1) is 17.8 Å². The monoisotopic (exact) mass is 374 g/mol. The van der Waals surface area contributed by atoms with Crippen LogP contribution in [0.15, 0.2) is 24.4 Å². The van der Waals surface area contributed by atoms with Gasteiger partial charge in [0.2, 0.25) is 0 Å². The van der Waals surface area contributed by atoms with Crippen LogP contribution in [0.5, 0.6) is 0 Å². The summed E-state index contributed by atoms with van der Waals surface area (Å²) in [6.45, 7) is 3.79. The Hall–Kier alpha value is -3.16. The van der Waals surface area contributed by atoms with Crippen LogP contribution in [0.3, 0.4) is 0 Å². The third-order valence-corrected chi connectivity index (χ3v) is 5.93. The number of nitrogens with zero attached hydrogens (tertiary/aromatic N) is 4. The number of terminal acetylenes is 1. The molecule has 27 heavy (non-hydrogen) atoms. The molecule has 0 saturated heterocycles. The van der Waals surface area contributed by atoms with E-state index >= 15 is 0 Å². The summed E-state index contributed by atoms with van der Waals surface area (Å²) in [4.78, 5) is 10.9. The number of hydrogen-bond donors (Lipinski definition) is 2. The minimum atomic E-state index is -0.545. The molecule has 3 aromatic heterocycles. The Morgan fingerprint density at radius 2 is 2.19 bits per heavy atom. The van der Waals surface area contributed by atoms with Gasteiger partial charge in [-0.05, 0) is 38.8 Å². The summed E-state index contributed by atoms with van der Waals surface area (Å²) in [5.41, 5.74) is 1.16. The zero-order valence-electron chi connectivity index (χ0n) is 15.1. The van der Waals surface area contributed by atoms with Crippen LogP contribution in [-0.2, 0) is 5.41 Å². The first kappa shape index (κ1) is 17.3. The highest BCUT2D eigenvalue weighted by molar-refractivity contribution is 7.15. The molecular formula is C20H18N6S. The molecule has 1 fully saturated rings. The van der Waals surface area contributed by atoms with E-state index in [4.69, 9.17) is 6.42 Å². The third kappa shape index (κ3) is 3.42. The molecule has 0 aromatic carbocycles. The predicted octanol–water partition coefficient (Wildman–Crippen LogP) is 4.33. The molecule has 6 nitrogen and oxygen atoms in total. The largest absolute Gasteiger partial charge is 0.322 e. The van der Waals surface area contributed by atoms with Crippen molar-refractivity contribution in [3.63, 3.8) is 0 Å². The molecule has 0 atom stereocenters. The topological polar surface area (TPSA) is 90.3 Å². The van der Waals surface area contributed by atoms with E-state index in [1.54, 1.807) is 6.20 Å². The summed E-state index contributed by atoms with van der Waals surface area (Å²) in [6, 6.07) is 8.21. The maximum absolute atomic E-state index is 9.33. The fourth-order valence-corrected chi connectivity index (χ4v) is 3.68. The molecule has 0 unspecified atom stereocenters. The lowest BCUT2D eigenvalue weighted by Gasteiger charge is -2.11. The molecule has 134 valence electrons. The Labute approximate surface area is 161 Å². The fourth-order valence-electron chi connectivity index (χ4n) is 2.68. The van der Waals surface area contributed by atoms with E-state index in [2.05, 4.69) is 37.5 Å². The molecule has 1 aliphatic rings. The summed E-state index contributed by atoms with van der Waals surface area (Å²) in [5.74, 6) is 5.01. The summed E-state index contributed by atoms with van der Waals surface area (Å²) in [7, 11) is 0. The van der Waals surface area contributed by atoms with Crippen LogP contribution in [0.4, 0.5) is 11.6 Å². The van der Waals surface area contributed by atoms with Crippen molar-refractivity contribution in [1.82, 2.24) is 20.2 Å². The van der Waals surface area contributed by atoms with Crippen molar-refractivity contribution in [2.45, 2.75) is 38.0 Å². The smallest absolute Gasteiger partial charge is 0.171 e. The predicted molar refractivity (Wildman–Crippen MR) is 106 cm³/mol. The summed E-state index contributed by atoms with van der Waals surface area (Å²) in [6.07, 6.45) is 9.64. The average molecular weight is 374 g/mol. The van der Waals surface area contributed by atoms with E-state index < -0.39 is 5.41 Å². The quantitative estimate of drug-likeness (QED) is 0.649. The first-order valence-electron chi connectivity index (χ1n) is 8.68. The average Bonchev–Trinajstić information content (AvgIpc) is 3.20. The Balaban J connectivity index is 1.64. The van der Waals surface area contributed by atoms with Crippen LogP contribution >= 0.6 is 11.3 Å². The minimum absolute atomic E-state index is 0.545. The Morgan fingerprint density at radius 1 is 1.37 bits per heavy atom. The second-order valence-corrected chi connectivity index (χ2v) is 8.19. The van der Waals surface area contributed by atoms with E-state index in [-0.39, 0.29) is 0 Å². The van der Waals surface area contributed by atoms with Gasteiger partial charge in [-0.25, -0.2) is 9.97 Å². The second kappa shape index (κ2) is 6.53. The van der Waals surface area contributed by atoms with Crippen LogP contribution < -0.4 is 5.32 Å². The van der Waals surface area contributed by atoms with Gasteiger partial charge in [0, 0.05) is 28.8 Å². The number of thiophene rings is 1. The number of nitrogens with one attached hydrogen (secondary N) is 2. The van der Waals surface area contributed by atoms with Crippen molar-refractivity contribution in [2.24, 2.45) is 0 Å². The third-order valence-electron chi connectivity index (χ3n) is 4.53. The van der Waals surface area contributed by atoms with Crippen LogP contribution in [0.1, 0.15) is 48.7 Å². The highest BCUT2D eigenvalue weighted by Crippen LogP contribution is 2.40. The van der Waals surface area contributed by atoms with Gasteiger partial charge in [0.05, 0.1) is 21.9 Å². The molecule has 0 spiro atoms. The zero-order chi connectivity index (χ0) is 19.0. The number of hydrogen-bond acceptors (Lipinski definition) is 6. The van der Waals surface area contributed by atoms with Crippen molar-refractivity contribution >= 4 is 23.0 Å². The summed E-state index contributed by atoms with van der Waals surface area (Å²) < 4.78 is 0. The van der Waals surface area contributed by atoms with Crippen molar-refractivity contribution in [2.75, 3.05) is 5.32 Å². The van der Waals surface area contributed by atoms with Gasteiger partial charge in [0.15, 0.2) is 17.5 Å². The van der Waals surface area contributed by atoms with Gasteiger partial charge >= 0.3 is 0 Å². The fraction of sp³-hybridized carbons (Fsp3) is 0.300. The van der Waals surface area contributed by atoms with E-state index in [9.17, 15) is 5.26 Å². The maximum Gasteiger partial charge on any atom is 0.171 e. The van der Waals surface area contributed by atoms with Crippen molar-refractivity contribution in [1.29, 1.82) is 5.26 Å². The Kier molecular flexibility index (Phi) is 4.18. The molecule has 3 aromatic rings. The molecule has 7 heteroatoms. The second-order valence-electron chi connectivity index (χ2n) is 7.11. The van der Waals surface area contributed by atoms with Gasteiger partial charge in [-0.2, -0.15) is 10.4 Å². The summed E-state index contributed by atoms with van der Waals surface area (Å²) >= 11 is 1.51. The van der Waals surface area contributed by atoms with Crippen LogP contribution in [0.2, 0.25) is 0 Å². The molecule has 1 aliphatic carbocycles. The first-order chi connectivity index (χ1) is 13.0. The number of aromatic amines is 1. The van der Waals surface area contributed by atoms with E-state index in [1.165, 1.54) is 24.2 Å². The lowest BCUT2D eigenvalue weighted by molar-refractivity contribution is 0.703. The van der Waals surface area contributed by atoms with E-state index in [1.807, 2.05) is 32.0 Å². The zero-order valence-corrected chi connectivity index (χ0v) is 15.9. The highest BCUT2D eigenvalue weighted by atomic mass is 32.1. The lowest BCUT2D eigenvalue weighted by atomic mass is 9.94. The number of nitriles is 1. The lowest BCUT2D eigenvalue weighted by Crippen LogP contribution is -2.10. The van der Waals surface area contributed by atoms with Gasteiger partial charge < -0.3 is 5.32 Å². The Bertz CT molecular complexity index is 1070. The van der Waals surface area contributed by atoms with E-state index in [0.29, 0.717) is 28.9 Å². The number of rotatable bonds is 5.